The van der Waals surface area contributed by atoms with Crippen LogP contribution in [0.5, 0.6) is 5.75 Å². The molecular formula is C18H18N2O3S. The number of carbonyl (C=O) groups is 2. The molecule has 2 aromatic rings. The van der Waals surface area contributed by atoms with Crippen LogP contribution in [0.15, 0.2) is 48.5 Å². The van der Waals surface area contributed by atoms with E-state index in [1.165, 1.54) is 6.92 Å². The first kappa shape index (κ1) is 17.6. The first-order valence-corrected chi connectivity index (χ1v) is 7.86. The van der Waals surface area contributed by atoms with Gasteiger partial charge in [-0.2, -0.15) is 0 Å². The summed E-state index contributed by atoms with van der Waals surface area (Å²) in [6, 6.07) is 13.8. The summed E-state index contributed by atoms with van der Waals surface area (Å²) in [5.41, 5.74) is 1.65. The maximum absolute atomic E-state index is 12.2. The first-order chi connectivity index (χ1) is 11.5. The molecule has 0 aromatic heterocycles. The second-order valence-electron chi connectivity index (χ2n) is 5.01. The van der Waals surface area contributed by atoms with E-state index in [0.717, 1.165) is 0 Å². The molecule has 0 radical (unpaired) electrons. The molecule has 0 fully saturated rings. The Labute approximate surface area is 146 Å². The third-order valence-electron chi connectivity index (χ3n) is 3.16. The highest BCUT2D eigenvalue weighted by Gasteiger charge is 2.09. The van der Waals surface area contributed by atoms with Gasteiger partial charge in [-0.15, -0.1) is 0 Å². The summed E-state index contributed by atoms with van der Waals surface area (Å²) in [5, 5.41) is 5.65. The van der Waals surface area contributed by atoms with Gasteiger partial charge < -0.3 is 10.1 Å². The van der Waals surface area contributed by atoms with Crippen molar-refractivity contribution in [3.05, 3.63) is 59.7 Å². The molecule has 0 heterocycles. The van der Waals surface area contributed by atoms with Crippen molar-refractivity contribution >= 4 is 34.7 Å². The predicted molar refractivity (Wildman–Crippen MR) is 97.7 cm³/mol. The first-order valence-electron chi connectivity index (χ1n) is 7.46. The number of amides is 1. The zero-order valence-corrected chi connectivity index (χ0v) is 14.3. The van der Waals surface area contributed by atoms with E-state index in [9.17, 15) is 9.59 Å². The fourth-order valence-electron chi connectivity index (χ4n) is 2.05. The third-order valence-corrected chi connectivity index (χ3v) is 3.37. The smallest absolute Gasteiger partial charge is 0.257 e. The molecule has 0 aliphatic carbocycles. The summed E-state index contributed by atoms with van der Waals surface area (Å²) in [7, 11) is 0. The number of nitrogens with one attached hydrogen (secondary N) is 2. The second-order valence-corrected chi connectivity index (χ2v) is 5.41. The van der Waals surface area contributed by atoms with Crippen molar-refractivity contribution in [3.63, 3.8) is 0 Å². The number of hydrogen-bond donors (Lipinski definition) is 2. The standard InChI is InChI=1S/C18H18N2O3S/c1-3-23-16-9-5-7-14(11-16)17(22)20-18(24)19-15-8-4-6-13(10-15)12(2)21/h4-11H,3H2,1-2H3,(H2,19,20,22,24). The van der Waals surface area contributed by atoms with E-state index in [0.29, 0.717) is 29.2 Å². The van der Waals surface area contributed by atoms with Crippen LogP contribution in [0.4, 0.5) is 5.69 Å². The van der Waals surface area contributed by atoms with E-state index in [1.54, 1.807) is 48.5 Å². The Morgan fingerprint density at radius 2 is 1.79 bits per heavy atom. The lowest BCUT2D eigenvalue weighted by atomic mass is 10.1. The molecule has 2 rings (SSSR count). The van der Waals surface area contributed by atoms with Gasteiger partial charge in [-0.25, -0.2) is 0 Å². The Balaban J connectivity index is 2.01. The highest BCUT2D eigenvalue weighted by molar-refractivity contribution is 7.80. The van der Waals surface area contributed by atoms with Gasteiger partial charge in [0.1, 0.15) is 5.75 Å². The highest BCUT2D eigenvalue weighted by atomic mass is 32.1. The largest absolute Gasteiger partial charge is 0.494 e. The number of hydrogen-bond acceptors (Lipinski definition) is 4. The maximum Gasteiger partial charge on any atom is 0.257 e. The summed E-state index contributed by atoms with van der Waals surface area (Å²) >= 11 is 5.15. The minimum absolute atomic E-state index is 0.0404. The minimum atomic E-state index is -0.336. The third kappa shape index (κ3) is 4.89. The van der Waals surface area contributed by atoms with E-state index < -0.39 is 0 Å². The monoisotopic (exact) mass is 342 g/mol. The molecule has 2 aromatic carbocycles. The van der Waals surface area contributed by atoms with Crippen LogP contribution in [-0.2, 0) is 0 Å². The predicted octanol–water partition coefficient (Wildman–Crippen LogP) is 3.41. The van der Waals surface area contributed by atoms with Gasteiger partial charge in [0.15, 0.2) is 10.9 Å². The Morgan fingerprint density at radius 1 is 1.08 bits per heavy atom. The Bertz CT molecular complexity index is 774. The molecule has 0 spiro atoms. The average molecular weight is 342 g/mol. The van der Waals surface area contributed by atoms with E-state index in [2.05, 4.69) is 10.6 Å². The van der Waals surface area contributed by atoms with E-state index in [1.807, 2.05) is 6.92 Å². The van der Waals surface area contributed by atoms with Gasteiger partial charge in [-0.05, 0) is 56.4 Å². The van der Waals surface area contributed by atoms with Crippen LogP contribution in [-0.4, -0.2) is 23.4 Å². The minimum Gasteiger partial charge on any atom is -0.494 e. The number of ether oxygens (including phenoxy) is 1. The second kappa shape index (κ2) is 8.21. The molecule has 1 amide bonds. The van der Waals surface area contributed by atoms with Gasteiger partial charge in [-0.3, -0.25) is 14.9 Å². The fraction of sp³-hybridized carbons (Fsp3) is 0.167. The van der Waals surface area contributed by atoms with Crippen molar-refractivity contribution in [1.82, 2.24) is 5.32 Å². The number of carbonyl (C=O) groups excluding carboxylic acids is 2. The normalized spacial score (nSPS) is 9.92. The fourth-order valence-corrected chi connectivity index (χ4v) is 2.26. The van der Waals surface area contributed by atoms with Crippen LogP contribution < -0.4 is 15.4 Å². The average Bonchev–Trinajstić information content (AvgIpc) is 2.55. The van der Waals surface area contributed by atoms with Gasteiger partial charge in [0, 0.05) is 16.8 Å². The van der Waals surface area contributed by atoms with Crippen molar-refractivity contribution in [3.8, 4) is 5.75 Å². The lowest BCUT2D eigenvalue weighted by Gasteiger charge is -2.11. The van der Waals surface area contributed by atoms with Crippen molar-refractivity contribution in [2.24, 2.45) is 0 Å². The topological polar surface area (TPSA) is 67.4 Å². The van der Waals surface area contributed by atoms with E-state index in [4.69, 9.17) is 17.0 Å². The van der Waals surface area contributed by atoms with Gasteiger partial charge in [0.2, 0.25) is 0 Å². The van der Waals surface area contributed by atoms with Crippen molar-refractivity contribution in [2.75, 3.05) is 11.9 Å². The summed E-state index contributed by atoms with van der Waals surface area (Å²) in [5.74, 6) is 0.247. The number of thiocarbonyl (C=S) groups is 1. The van der Waals surface area contributed by atoms with Crippen LogP contribution in [0, 0.1) is 0 Å². The lowest BCUT2D eigenvalue weighted by molar-refractivity contribution is 0.0975. The Hall–Kier alpha value is -2.73. The molecule has 24 heavy (non-hydrogen) atoms. The van der Waals surface area contributed by atoms with E-state index in [-0.39, 0.29) is 16.8 Å². The molecular weight excluding hydrogens is 324 g/mol. The molecule has 124 valence electrons. The number of benzene rings is 2. The van der Waals surface area contributed by atoms with Gasteiger partial charge in [-0.1, -0.05) is 18.2 Å². The molecule has 0 saturated heterocycles. The van der Waals surface area contributed by atoms with Crippen molar-refractivity contribution in [2.45, 2.75) is 13.8 Å². The van der Waals surface area contributed by atoms with Crippen LogP contribution in [0.3, 0.4) is 0 Å². The van der Waals surface area contributed by atoms with Gasteiger partial charge >= 0.3 is 0 Å². The van der Waals surface area contributed by atoms with Crippen LogP contribution in [0.1, 0.15) is 34.6 Å². The Morgan fingerprint density at radius 3 is 2.50 bits per heavy atom. The van der Waals surface area contributed by atoms with Crippen LogP contribution >= 0.6 is 12.2 Å². The maximum atomic E-state index is 12.2. The SMILES string of the molecule is CCOc1cccc(C(=O)NC(=S)Nc2cccc(C(C)=O)c2)c1. The molecule has 0 saturated carbocycles. The summed E-state index contributed by atoms with van der Waals surface area (Å²) in [6.45, 7) is 3.89. The lowest BCUT2D eigenvalue weighted by Crippen LogP contribution is -2.34. The summed E-state index contributed by atoms with van der Waals surface area (Å²) < 4.78 is 5.37. The number of Topliss-reactive ketones (excluding diaryl/α,β-unsaturated/α-hetero) is 1. The molecule has 2 N–H and O–H groups in total. The molecule has 0 aliphatic rings. The summed E-state index contributed by atoms with van der Waals surface area (Å²) in [6.07, 6.45) is 0. The number of anilines is 1. The van der Waals surface area contributed by atoms with Gasteiger partial charge in [0.25, 0.3) is 5.91 Å². The molecule has 5 nitrogen and oxygen atoms in total. The quantitative estimate of drug-likeness (QED) is 0.644. The van der Waals surface area contributed by atoms with E-state index >= 15 is 0 Å². The molecule has 0 aliphatic heterocycles. The summed E-state index contributed by atoms with van der Waals surface area (Å²) in [4.78, 5) is 23.6. The van der Waals surface area contributed by atoms with Crippen LogP contribution in [0.25, 0.3) is 0 Å². The molecule has 0 atom stereocenters. The van der Waals surface area contributed by atoms with Crippen molar-refractivity contribution < 1.29 is 14.3 Å². The molecule has 6 heteroatoms. The van der Waals surface area contributed by atoms with Crippen LogP contribution in [0.2, 0.25) is 0 Å². The van der Waals surface area contributed by atoms with Crippen molar-refractivity contribution in [1.29, 1.82) is 0 Å². The zero-order chi connectivity index (χ0) is 17.5. The number of ketones is 1. The number of rotatable bonds is 5. The Kier molecular flexibility index (Phi) is 6.03. The highest BCUT2D eigenvalue weighted by Crippen LogP contribution is 2.14. The van der Waals surface area contributed by atoms with Gasteiger partial charge in [0.05, 0.1) is 6.61 Å². The molecule has 0 bridgehead atoms. The zero-order valence-electron chi connectivity index (χ0n) is 13.5. The molecule has 0 unspecified atom stereocenters.